The number of aromatic nitrogens is 2. The van der Waals surface area contributed by atoms with Crippen LogP contribution in [0.2, 0.25) is 0 Å². The molecule has 35 heavy (non-hydrogen) atoms. The lowest BCUT2D eigenvalue weighted by Crippen LogP contribution is -2.33. The van der Waals surface area contributed by atoms with Gasteiger partial charge in [0, 0.05) is 36.3 Å². The quantitative estimate of drug-likeness (QED) is 0.414. The summed E-state index contributed by atoms with van der Waals surface area (Å²) in [6, 6.07) is 12.8. The number of aliphatic carboxylic acids is 1. The van der Waals surface area contributed by atoms with E-state index in [1.54, 1.807) is 6.20 Å². The van der Waals surface area contributed by atoms with Crippen molar-refractivity contribution < 1.29 is 14.3 Å². The molecule has 0 amide bonds. The average Bonchev–Trinajstić information content (AvgIpc) is 3.36. The Bertz CT molecular complexity index is 1180. The molecular weight excluding hydrogens is 443 g/mol. The Morgan fingerprint density at radius 2 is 2.11 bits per heavy atom. The van der Waals surface area contributed by atoms with E-state index in [2.05, 4.69) is 22.4 Å². The minimum atomic E-state index is -0.915. The molecule has 0 aliphatic carbocycles. The fraction of sp³-hybridized carbons (Fsp3) is 0.464. The van der Waals surface area contributed by atoms with E-state index in [1.165, 1.54) is 5.56 Å². The highest BCUT2D eigenvalue weighted by Gasteiger charge is 2.37. The molecule has 2 aromatic heterocycles. The van der Waals surface area contributed by atoms with E-state index < -0.39 is 18.2 Å². The van der Waals surface area contributed by atoms with Gasteiger partial charge in [0.15, 0.2) is 0 Å². The number of hydrogen-bond donors (Lipinski definition) is 2. The van der Waals surface area contributed by atoms with Crippen molar-refractivity contribution in [3.8, 4) is 0 Å². The van der Waals surface area contributed by atoms with Gasteiger partial charge in [-0.15, -0.1) is 0 Å². The molecule has 5 rings (SSSR count). The molecule has 7 heteroatoms. The van der Waals surface area contributed by atoms with Crippen LogP contribution < -0.4 is 5.32 Å². The van der Waals surface area contributed by atoms with Crippen molar-refractivity contribution in [2.45, 2.75) is 57.2 Å². The average molecular weight is 477 g/mol. The molecule has 0 radical (unpaired) electrons. The minimum absolute atomic E-state index is 0.129. The lowest BCUT2D eigenvalue weighted by molar-refractivity contribution is -0.143. The van der Waals surface area contributed by atoms with Crippen molar-refractivity contribution in [3.63, 3.8) is 0 Å². The van der Waals surface area contributed by atoms with Crippen LogP contribution in [0.5, 0.6) is 0 Å². The molecule has 0 spiro atoms. The van der Waals surface area contributed by atoms with Crippen molar-refractivity contribution in [2.24, 2.45) is 5.92 Å². The number of aryl methyl sites for hydroxylation is 2. The molecule has 0 bridgehead atoms. The molecule has 1 saturated heterocycles. The summed E-state index contributed by atoms with van der Waals surface area (Å²) in [5.74, 6) is -0.0152. The number of hydrogen-bond acceptors (Lipinski definition) is 5. The molecule has 0 saturated carbocycles. The van der Waals surface area contributed by atoms with Crippen molar-refractivity contribution in [3.05, 3.63) is 65.5 Å². The van der Waals surface area contributed by atoms with Gasteiger partial charge >= 0.3 is 5.97 Å². The minimum Gasteiger partial charge on any atom is -0.480 e. The largest absolute Gasteiger partial charge is 0.480 e. The first kappa shape index (κ1) is 23.7. The van der Waals surface area contributed by atoms with Crippen LogP contribution in [0.15, 0.2) is 48.7 Å². The van der Waals surface area contributed by atoms with Gasteiger partial charge in [-0.05, 0) is 74.4 Å². The molecule has 184 valence electrons. The maximum Gasteiger partial charge on any atom is 0.325 e. The normalized spacial score (nSPS) is 19.7. The number of carboxylic acids is 1. The van der Waals surface area contributed by atoms with Gasteiger partial charge in [0.05, 0.1) is 5.52 Å². The zero-order valence-electron chi connectivity index (χ0n) is 20.0. The van der Waals surface area contributed by atoms with Gasteiger partial charge in [0.25, 0.3) is 0 Å². The van der Waals surface area contributed by atoms with E-state index in [-0.39, 0.29) is 5.92 Å². The number of nitrogens with one attached hydrogen (secondary N) is 1. The molecule has 2 aliphatic rings. The van der Waals surface area contributed by atoms with Crippen molar-refractivity contribution in [2.75, 3.05) is 25.0 Å². The van der Waals surface area contributed by atoms with Gasteiger partial charge in [-0.2, -0.15) is 0 Å². The number of pyridine rings is 2. The fourth-order valence-electron chi connectivity index (χ4n) is 5.59. The number of nitrogens with zero attached hydrogens (tertiary/aromatic N) is 3. The summed E-state index contributed by atoms with van der Waals surface area (Å²) >= 11 is 0. The summed E-state index contributed by atoms with van der Waals surface area (Å²) in [6.45, 7) is 2.03. The Morgan fingerprint density at radius 1 is 1.20 bits per heavy atom. The number of rotatable bonds is 9. The van der Waals surface area contributed by atoms with Gasteiger partial charge in [0.1, 0.15) is 18.0 Å². The number of benzene rings is 1. The van der Waals surface area contributed by atoms with E-state index in [0.717, 1.165) is 66.6 Å². The Morgan fingerprint density at radius 3 is 3.00 bits per heavy atom. The monoisotopic (exact) mass is 476 g/mol. The van der Waals surface area contributed by atoms with Crippen LogP contribution in [-0.2, 0) is 17.6 Å². The summed E-state index contributed by atoms with van der Waals surface area (Å²) in [5.41, 5.74) is 3.86. The molecule has 1 fully saturated rings. The summed E-state index contributed by atoms with van der Waals surface area (Å²) < 4.78 is 15.1. The van der Waals surface area contributed by atoms with Gasteiger partial charge in [-0.3, -0.25) is 14.7 Å². The first-order chi connectivity index (χ1) is 17.1. The highest BCUT2D eigenvalue weighted by Crippen LogP contribution is 2.34. The van der Waals surface area contributed by atoms with E-state index in [0.29, 0.717) is 25.9 Å². The molecule has 3 aromatic rings. The topological polar surface area (TPSA) is 78.3 Å². The standard InChI is InChI=1S/C28H33FN4O2/c29-24(10-2-1-7-21-13-12-19-6-4-16-31-27(19)32-21)20-14-17-33(18-20)26(28(34)35)23-8-3-11-25-22(23)9-5-15-30-25/h3,5,8-9,11-13,15,20,24,26H,1-2,4,6-7,10,14,16-18H2,(H,31,32)(H,34,35)/t20-,24?,26?/m1/s1. The maximum atomic E-state index is 15.1. The lowest BCUT2D eigenvalue weighted by Gasteiger charge is -2.26. The smallest absolute Gasteiger partial charge is 0.325 e. The van der Waals surface area contributed by atoms with Crippen molar-refractivity contribution >= 4 is 22.7 Å². The van der Waals surface area contributed by atoms with E-state index in [1.807, 2.05) is 35.2 Å². The molecule has 2 aliphatic heterocycles. The third-order valence-corrected chi connectivity index (χ3v) is 7.46. The molecule has 6 nitrogen and oxygen atoms in total. The Labute approximate surface area is 205 Å². The zero-order chi connectivity index (χ0) is 24.2. The predicted octanol–water partition coefficient (Wildman–Crippen LogP) is 5.19. The third-order valence-electron chi connectivity index (χ3n) is 7.46. The fourth-order valence-corrected chi connectivity index (χ4v) is 5.59. The molecular formula is C28H33FN4O2. The van der Waals surface area contributed by atoms with Crippen LogP contribution in [0.25, 0.3) is 10.9 Å². The number of likely N-dealkylation sites (tertiary alicyclic amines) is 1. The number of unbranched alkanes of at least 4 members (excludes halogenated alkanes) is 1. The first-order valence-corrected chi connectivity index (χ1v) is 12.8. The number of anilines is 1. The first-order valence-electron chi connectivity index (χ1n) is 12.8. The van der Waals surface area contributed by atoms with E-state index >= 15 is 4.39 Å². The summed E-state index contributed by atoms with van der Waals surface area (Å²) in [6.07, 6.45) is 6.79. The van der Waals surface area contributed by atoms with Crippen molar-refractivity contribution in [1.82, 2.24) is 14.9 Å². The maximum absolute atomic E-state index is 15.1. The number of fused-ring (bicyclic) bond motifs is 2. The van der Waals surface area contributed by atoms with Crippen LogP contribution >= 0.6 is 0 Å². The highest BCUT2D eigenvalue weighted by molar-refractivity contribution is 5.88. The number of halogens is 1. The summed E-state index contributed by atoms with van der Waals surface area (Å²) in [5, 5.41) is 14.3. The van der Waals surface area contributed by atoms with Crippen LogP contribution in [0.1, 0.15) is 55.0 Å². The van der Waals surface area contributed by atoms with Crippen LogP contribution in [0.4, 0.5) is 10.2 Å². The van der Waals surface area contributed by atoms with Gasteiger partial charge in [-0.25, -0.2) is 9.37 Å². The molecule has 3 atom stereocenters. The van der Waals surface area contributed by atoms with Gasteiger partial charge in [-0.1, -0.05) is 30.7 Å². The molecule has 2 unspecified atom stereocenters. The number of alkyl halides is 1. The summed E-state index contributed by atoms with van der Waals surface area (Å²) in [4.78, 5) is 23.3. The number of carbonyl (C=O) groups is 1. The lowest BCUT2D eigenvalue weighted by atomic mass is 9.97. The summed E-state index contributed by atoms with van der Waals surface area (Å²) in [7, 11) is 0. The van der Waals surface area contributed by atoms with Crippen LogP contribution in [-0.4, -0.2) is 51.7 Å². The second-order valence-corrected chi connectivity index (χ2v) is 9.80. The molecule has 1 aromatic carbocycles. The van der Waals surface area contributed by atoms with Gasteiger partial charge < -0.3 is 10.4 Å². The Hall–Kier alpha value is -3.06. The number of carboxylic acid groups (broad SMARTS) is 1. The second kappa shape index (κ2) is 10.7. The van der Waals surface area contributed by atoms with Crippen LogP contribution in [0, 0.1) is 5.92 Å². The Kier molecular flexibility index (Phi) is 7.23. The van der Waals surface area contributed by atoms with E-state index in [4.69, 9.17) is 4.98 Å². The molecule has 4 heterocycles. The second-order valence-electron chi connectivity index (χ2n) is 9.80. The highest BCUT2D eigenvalue weighted by atomic mass is 19.1. The predicted molar refractivity (Wildman–Crippen MR) is 135 cm³/mol. The Balaban J connectivity index is 1.15. The van der Waals surface area contributed by atoms with Crippen molar-refractivity contribution in [1.29, 1.82) is 0 Å². The third kappa shape index (κ3) is 5.30. The van der Waals surface area contributed by atoms with Crippen LogP contribution in [0.3, 0.4) is 0 Å². The molecule has 2 N–H and O–H groups in total. The SMILES string of the molecule is O=C(O)C(c1cccc2ncccc12)N1CC[C@@H](C(F)CCCCc2ccc3c(n2)NCCC3)C1. The van der Waals surface area contributed by atoms with Gasteiger partial charge in [0.2, 0.25) is 0 Å². The zero-order valence-corrected chi connectivity index (χ0v) is 20.0. The van der Waals surface area contributed by atoms with E-state index in [9.17, 15) is 9.90 Å².